The molecule has 0 saturated carbocycles. The van der Waals surface area contributed by atoms with Gasteiger partial charge in [-0.1, -0.05) is 30.3 Å². The van der Waals surface area contributed by atoms with Gasteiger partial charge in [-0.25, -0.2) is 4.79 Å². The zero-order valence-corrected chi connectivity index (χ0v) is 12.7. The Morgan fingerprint density at radius 2 is 1.91 bits per heavy atom. The third kappa shape index (κ3) is 3.59. The van der Waals surface area contributed by atoms with Crippen molar-refractivity contribution in [1.82, 2.24) is 15.1 Å². The van der Waals surface area contributed by atoms with Crippen molar-refractivity contribution in [2.45, 2.75) is 25.2 Å². The van der Waals surface area contributed by atoms with Crippen LogP contribution in [0.2, 0.25) is 0 Å². The number of likely N-dealkylation sites (tertiary alicyclic amines) is 1. The van der Waals surface area contributed by atoms with Crippen LogP contribution < -0.4 is 0 Å². The zero-order chi connectivity index (χ0) is 16.2. The maximum Gasteiger partial charge on any atom is 0.356 e. The molecule has 1 aromatic carbocycles. The molecule has 0 radical (unpaired) electrons. The van der Waals surface area contributed by atoms with Crippen LogP contribution in [0.4, 0.5) is 0 Å². The summed E-state index contributed by atoms with van der Waals surface area (Å²) in [5.74, 6) is -0.648. The first kappa shape index (κ1) is 15.3. The number of nitrogens with zero attached hydrogens (tertiary/aromatic N) is 2. The molecule has 1 aromatic heterocycles. The summed E-state index contributed by atoms with van der Waals surface area (Å²) in [6.07, 6.45) is 2.07. The summed E-state index contributed by atoms with van der Waals surface area (Å²) < 4.78 is 0. The number of aromatic nitrogens is 2. The summed E-state index contributed by atoms with van der Waals surface area (Å²) in [5, 5.41) is 15.5. The van der Waals surface area contributed by atoms with Crippen LogP contribution in [0.15, 0.2) is 36.4 Å². The molecular formula is C17H19N3O3. The molecule has 1 aliphatic heterocycles. The Morgan fingerprint density at radius 1 is 1.22 bits per heavy atom. The number of hydrogen-bond acceptors (Lipinski definition) is 3. The fourth-order valence-corrected chi connectivity index (χ4v) is 2.98. The van der Waals surface area contributed by atoms with Crippen LogP contribution in [-0.2, 0) is 11.2 Å². The quantitative estimate of drug-likeness (QED) is 0.904. The maximum atomic E-state index is 12.3. The third-order valence-electron chi connectivity index (χ3n) is 4.30. The number of carbonyl (C=O) groups is 2. The van der Waals surface area contributed by atoms with Gasteiger partial charge in [0.15, 0.2) is 5.69 Å². The van der Waals surface area contributed by atoms with E-state index in [1.54, 1.807) is 6.07 Å². The molecule has 120 valence electrons. The molecular weight excluding hydrogens is 294 g/mol. The first-order chi connectivity index (χ1) is 11.1. The van der Waals surface area contributed by atoms with Gasteiger partial charge in [0.2, 0.25) is 5.91 Å². The second kappa shape index (κ2) is 6.64. The molecule has 0 atom stereocenters. The van der Waals surface area contributed by atoms with Gasteiger partial charge in [0.25, 0.3) is 0 Å². The molecule has 1 fully saturated rings. The highest BCUT2D eigenvalue weighted by Crippen LogP contribution is 2.27. The lowest BCUT2D eigenvalue weighted by Gasteiger charge is -2.31. The third-order valence-corrected chi connectivity index (χ3v) is 4.30. The van der Waals surface area contributed by atoms with E-state index in [2.05, 4.69) is 10.2 Å². The van der Waals surface area contributed by atoms with Crippen molar-refractivity contribution >= 4 is 11.9 Å². The number of carboxylic acids is 1. The van der Waals surface area contributed by atoms with Gasteiger partial charge in [-0.05, 0) is 24.5 Å². The molecule has 2 N–H and O–H groups in total. The highest BCUT2D eigenvalue weighted by Gasteiger charge is 2.25. The largest absolute Gasteiger partial charge is 0.476 e. The number of hydrogen-bond donors (Lipinski definition) is 2. The van der Waals surface area contributed by atoms with Crippen LogP contribution >= 0.6 is 0 Å². The Hall–Kier alpha value is -2.63. The number of rotatable bonds is 4. The second-order valence-electron chi connectivity index (χ2n) is 5.83. The molecule has 1 saturated heterocycles. The van der Waals surface area contributed by atoms with Crippen molar-refractivity contribution < 1.29 is 14.7 Å². The van der Waals surface area contributed by atoms with Gasteiger partial charge in [0.05, 0.1) is 6.42 Å². The number of amides is 1. The Bertz CT molecular complexity index is 688. The smallest absolute Gasteiger partial charge is 0.356 e. The predicted octanol–water partition coefficient (Wildman–Crippen LogP) is 2.06. The molecule has 0 spiro atoms. The van der Waals surface area contributed by atoms with Crippen LogP contribution in [0.25, 0.3) is 0 Å². The molecule has 2 aromatic rings. The van der Waals surface area contributed by atoms with Crippen molar-refractivity contribution in [3.05, 3.63) is 53.3 Å². The van der Waals surface area contributed by atoms with E-state index in [-0.39, 0.29) is 17.5 Å². The van der Waals surface area contributed by atoms with E-state index in [0.29, 0.717) is 19.5 Å². The fourth-order valence-electron chi connectivity index (χ4n) is 2.98. The van der Waals surface area contributed by atoms with Crippen LogP contribution in [0.5, 0.6) is 0 Å². The molecule has 0 bridgehead atoms. The Labute approximate surface area is 134 Å². The number of carboxylic acid groups (broad SMARTS) is 1. The molecule has 1 amide bonds. The zero-order valence-electron chi connectivity index (χ0n) is 12.7. The highest BCUT2D eigenvalue weighted by atomic mass is 16.4. The number of nitrogens with one attached hydrogen (secondary N) is 1. The monoisotopic (exact) mass is 313 g/mol. The van der Waals surface area contributed by atoms with Gasteiger partial charge in [-0.3, -0.25) is 9.89 Å². The topological polar surface area (TPSA) is 86.3 Å². The lowest BCUT2D eigenvalue weighted by Crippen LogP contribution is -2.38. The minimum atomic E-state index is -1.03. The van der Waals surface area contributed by atoms with Gasteiger partial charge < -0.3 is 10.0 Å². The number of piperidine rings is 1. The SMILES string of the molecule is O=C(O)c1cc(C2CCN(C(=O)Cc3ccccc3)CC2)[nH]n1. The highest BCUT2D eigenvalue weighted by molar-refractivity contribution is 5.85. The average molecular weight is 313 g/mol. The first-order valence-corrected chi connectivity index (χ1v) is 7.74. The second-order valence-corrected chi connectivity index (χ2v) is 5.83. The summed E-state index contributed by atoms with van der Waals surface area (Å²) in [7, 11) is 0. The van der Waals surface area contributed by atoms with Crippen molar-refractivity contribution in [3.63, 3.8) is 0 Å². The summed E-state index contributed by atoms with van der Waals surface area (Å²) in [5.41, 5.74) is 1.92. The average Bonchev–Trinajstić information content (AvgIpc) is 3.06. The van der Waals surface area contributed by atoms with E-state index in [0.717, 1.165) is 24.1 Å². The summed E-state index contributed by atoms with van der Waals surface area (Å²) >= 11 is 0. The minimum absolute atomic E-state index is 0.0441. The summed E-state index contributed by atoms with van der Waals surface area (Å²) in [6.45, 7) is 1.38. The number of aromatic carboxylic acids is 1. The van der Waals surface area contributed by atoms with E-state index < -0.39 is 5.97 Å². The van der Waals surface area contributed by atoms with E-state index in [9.17, 15) is 9.59 Å². The standard InChI is InChI=1S/C17H19N3O3/c21-16(10-12-4-2-1-3-5-12)20-8-6-13(7-9-20)14-11-15(17(22)23)19-18-14/h1-5,11,13H,6-10H2,(H,18,19)(H,22,23). The van der Waals surface area contributed by atoms with Crippen molar-refractivity contribution in [2.24, 2.45) is 0 Å². The normalized spacial score (nSPS) is 15.6. The number of aromatic amines is 1. The number of benzene rings is 1. The van der Waals surface area contributed by atoms with E-state index in [1.807, 2.05) is 35.2 Å². The summed E-state index contributed by atoms with van der Waals surface area (Å²) in [4.78, 5) is 25.1. The molecule has 3 rings (SSSR count). The lowest BCUT2D eigenvalue weighted by molar-refractivity contribution is -0.131. The van der Waals surface area contributed by atoms with Crippen molar-refractivity contribution in [1.29, 1.82) is 0 Å². The minimum Gasteiger partial charge on any atom is -0.476 e. The molecule has 23 heavy (non-hydrogen) atoms. The lowest BCUT2D eigenvalue weighted by atomic mass is 9.93. The molecule has 0 unspecified atom stereocenters. The molecule has 0 aliphatic carbocycles. The first-order valence-electron chi connectivity index (χ1n) is 7.74. The van der Waals surface area contributed by atoms with Crippen LogP contribution in [0.3, 0.4) is 0 Å². The van der Waals surface area contributed by atoms with Crippen molar-refractivity contribution in [2.75, 3.05) is 13.1 Å². The van der Waals surface area contributed by atoms with Gasteiger partial charge >= 0.3 is 5.97 Å². The predicted molar refractivity (Wildman–Crippen MR) is 84.2 cm³/mol. The Morgan fingerprint density at radius 3 is 2.52 bits per heavy atom. The van der Waals surface area contributed by atoms with Crippen molar-refractivity contribution in [3.8, 4) is 0 Å². The Balaban J connectivity index is 1.55. The molecule has 1 aliphatic rings. The van der Waals surface area contributed by atoms with E-state index in [4.69, 9.17) is 5.11 Å². The van der Waals surface area contributed by atoms with Crippen LogP contribution in [-0.4, -0.2) is 45.2 Å². The van der Waals surface area contributed by atoms with Gasteiger partial charge in [-0.15, -0.1) is 0 Å². The molecule has 6 heteroatoms. The number of carbonyl (C=O) groups excluding carboxylic acids is 1. The Kier molecular flexibility index (Phi) is 4.41. The van der Waals surface area contributed by atoms with Gasteiger partial charge in [-0.2, -0.15) is 5.10 Å². The van der Waals surface area contributed by atoms with Crippen LogP contribution in [0, 0.1) is 0 Å². The van der Waals surface area contributed by atoms with Gasteiger partial charge in [0.1, 0.15) is 0 Å². The van der Waals surface area contributed by atoms with Crippen LogP contribution in [0.1, 0.15) is 40.5 Å². The molecule has 6 nitrogen and oxygen atoms in total. The molecule has 2 heterocycles. The van der Waals surface area contributed by atoms with E-state index in [1.165, 1.54) is 0 Å². The van der Waals surface area contributed by atoms with Gasteiger partial charge in [0, 0.05) is 24.7 Å². The van der Waals surface area contributed by atoms with E-state index >= 15 is 0 Å². The summed E-state index contributed by atoms with van der Waals surface area (Å²) in [6, 6.07) is 11.3. The number of H-pyrrole nitrogens is 1. The fraction of sp³-hybridized carbons (Fsp3) is 0.353. The maximum absolute atomic E-state index is 12.3.